The van der Waals surface area contributed by atoms with Gasteiger partial charge in [-0.3, -0.25) is 5.32 Å². The van der Waals surface area contributed by atoms with Crippen LogP contribution in [0.15, 0.2) is 0 Å². The second-order valence-corrected chi connectivity index (χ2v) is 5.14. The zero-order valence-corrected chi connectivity index (χ0v) is 9.95. The molecule has 0 radical (unpaired) electrons. The van der Waals surface area contributed by atoms with E-state index in [4.69, 9.17) is 10.00 Å². The van der Waals surface area contributed by atoms with Crippen LogP contribution in [0.2, 0.25) is 0 Å². The normalized spacial score (nSPS) is 23.2. The minimum Gasteiger partial charge on any atom is -0.381 e. The Balaban J connectivity index is 1.50. The van der Waals surface area contributed by atoms with Gasteiger partial charge in [0.05, 0.1) is 12.1 Å². The number of nitrogens with one attached hydrogen (secondary N) is 1. The van der Waals surface area contributed by atoms with Crippen molar-refractivity contribution in [3.63, 3.8) is 0 Å². The Kier molecular flexibility index (Phi) is 4.62. The summed E-state index contributed by atoms with van der Waals surface area (Å²) in [6.07, 6.45) is 8.72. The quantitative estimate of drug-likeness (QED) is 0.672. The number of hydrogen-bond acceptors (Lipinski definition) is 3. The van der Waals surface area contributed by atoms with E-state index in [0.717, 1.165) is 25.6 Å². The van der Waals surface area contributed by atoms with Gasteiger partial charge in [0.1, 0.15) is 0 Å². The first-order valence-electron chi connectivity index (χ1n) is 6.62. The first kappa shape index (κ1) is 11.9. The zero-order valence-electron chi connectivity index (χ0n) is 9.95. The van der Waals surface area contributed by atoms with Crippen molar-refractivity contribution < 1.29 is 4.74 Å². The molecule has 0 amide bonds. The van der Waals surface area contributed by atoms with Crippen molar-refractivity contribution >= 4 is 0 Å². The largest absolute Gasteiger partial charge is 0.381 e. The van der Waals surface area contributed by atoms with E-state index in [2.05, 4.69) is 11.4 Å². The fourth-order valence-corrected chi connectivity index (χ4v) is 2.35. The van der Waals surface area contributed by atoms with Crippen LogP contribution in [-0.4, -0.2) is 25.3 Å². The molecule has 90 valence electrons. The lowest BCUT2D eigenvalue weighted by atomic mass is 10.1. The highest BCUT2D eigenvalue weighted by Crippen LogP contribution is 2.24. The highest BCUT2D eigenvalue weighted by Gasteiger charge is 2.24. The van der Waals surface area contributed by atoms with Gasteiger partial charge in [-0.1, -0.05) is 12.8 Å². The van der Waals surface area contributed by atoms with E-state index < -0.39 is 0 Å². The third-order valence-electron chi connectivity index (χ3n) is 3.55. The van der Waals surface area contributed by atoms with Crippen molar-refractivity contribution in [2.24, 2.45) is 5.92 Å². The number of nitrogens with zero attached hydrogens (tertiary/aromatic N) is 1. The molecule has 0 aromatic carbocycles. The summed E-state index contributed by atoms with van der Waals surface area (Å²) in [7, 11) is 0. The summed E-state index contributed by atoms with van der Waals surface area (Å²) in [5.41, 5.74) is 0. The molecule has 2 saturated carbocycles. The minimum absolute atomic E-state index is 0.00363. The Morgan fingerprint density at radius 1 is 1.25 bits per heavy atom. The first-order valence-corrected chi connectivity index (χ1v) is 6.62. The molecule has 1 unspecified atom stereocenters. The molecule has 0 heterocycles. The maximum Gasteiger partial charge on any atom is 0.0977 e. The van der Waals surface area contributed by atoms with Crippen molar-refractivity contribution in [1.82, 2.24) is 5.32 Å². The summed E-state index contributed by atoms with van der Waals surface area (Å²) in [4.78, 5) is 0. The summed E-state index contributed by atoms with van der Waals surface area (Å²) in [5, 5.41) is 12.3. The summed E-state index contributed by atoms with van der Waals surface area (Å²) < 4.78 is 5.66. The Morgan fingerprint density at radius 3 is 2.62 bits per heavy atom. The van der Waals surface area contributed by atoms with E-state index in [1.807, 2.05) is 0 Å². The van der Waals surface area contributed by atoms with Crippen LogP contribution in [0.4, 0.5) is 0 Å². The predicted octanol–water partition coefficient (Wildman–Crippen LogP) is 2.23. The minimum atomic E-state index is -0.00363. The molecule has 16 heavy (non-hydrogen) atoms. The van der Waals surface area contributed by atoms with Gasteiger partial charge in [-0.2, -0.15) is 5.26 Å². The van der Waals surface area contributed by atoms with Gasteiger partial charge in [0, 0.05) is 19.3 Å². The third-order valence-corrected chi connectivity index (χ3v) is 3.55. The zero-order chi connectivity index (χ0) is 11.2. The molecule has 0 bridgehead atoms. The smallest absolute Gasteiger partial charge is 0.0977 e. The fourth-order valence-electron chi connectivity index (χ4n) is 2.35. The maximum absolute atomic E-state index is 8.95. The van der Waals surface area contributed by atoms with E-state index in [-0.39, 0.29) is 6.04 Å². The SMILES string of the molecule is N#CC(CCOCC1CCCC1)NC1CC1. The molecule has 2 aliphatic rings. The fraction of sp³-hybridized carbons (Fsp3) is 0.923. The van der Waals surface area contributed by atoms with E-state index in [1.165, 1.54) is 38.5 Å². The van der Waals surface area contributed by atoms with Gasteiger partial charge < -0.3 is 4.74 Å². The molecule has 2 rings (SSSR count). The van der Waals surface area contributed by atoms with Crippen molar-refractivity contribution in [3.05, 3.63) is 0 Å². The van der Waals surface area contributed by atoms with Crippen molar-refractivity contribution in [2.75, 3.05) is 13.2 Å². The number of nitriles is 1. The molecular weight excluding hydrogens is 200 g/mol. The van der Waals surface area contributed by atoms with Crippen molar-refractivity contribution in [3.8, 4) is 6.07 Å². The molecule has 3 nitrogen and oxygen atoms in total. The van der Waals surface area contributed by atoms with Crippen LogP contribution in [-0.2, 0) is 4.74 Å². The van der Waals surface area contributed by atoms with Crippen molar-refractivity contribution in [1.29, 1.82) is 5.26 Å². The van der Waals surface area contributed by atoms with Crippen LogP contribution < -0.4 is 5.32 Å². The van der Waals surface area contributed by atoms with Gasteiger partial charge in [0.15, 0.2) is 0 Å². The second-order valence-electron chi connectivity index (χ2n) is 5.14. The molecule has 0 aromatic heterocycles. The molecule has 2 aliphatic carbocycles. The van der Waals surface area contributed by atoms with Crippen molar-refractivity contribution in [2.45, 2.75) is 57.0 Å². The van der Waals surface area contributed by atoms with E-state index in [0.29, 0.717) is 6.04 Å². The standard InChI is InChI=1S/C13H22N2O/c14-9-13(15-12-5-6-12)7-8-16-10-11-3-1-2-4-11/h11-13,15H,1-8,10H2. The Labute approximate surface area is 98.2 Å². The highest BCUT2D eigenvalue weighted by molar-refractivity contribution is 4.95. The molecule has 0 saturated heterocycles. The number of rotatable bonds is 7. The molecular formula is C13H22N2O. The van der Waals surface area contributed by atoms with Crippen LogP contribution in [0.25, 0.3) is 0 Å². The van der Waals surface area contributed by atoms with Crippen LogP contribution in [0.5, 0.6) is 0 Å². The molecule has 3 heteroatoms. The predicted molar refractivity (Wildman–Crippen MR) is 63.0 cm³/mol. The monoisotopic (exact) mass is 222 g/mol. The molecule has 2 fully saturated rings. The summed E-state index contributed by atoms with van der Waals surface area (Å²) >= 11 is 0. The van der Waals surface area contributed by atoms with Crippen LogP contribution >= 0.6 is 0 Å². The molecule has 1 atom stereocenters. The lowest BCUT2D eigenvalue weighted by molar-refractivity contribution is 0.0962. The van der Waals surface area contributed by atoms with Gasteiger partial charge >= 0.3 is 0 Å². The summed E-state index contributed by atoms with van der Waals surface area (Å²) in [6.45, 7) is 1.63. The first-order chi connectivity index (χ1) is 7.88. The Bertz CT molecular complexity index is 239. The summed E-state index contributed by atoms with van der Waals surface area (Å²) in [6, 6.07) is 2.92. The number of ether oxygens (including phenoxy) is 1. The molecule has 1 N–H and O–H groups in total. The lowest BCUT2D eigenvalue weighted by Crippen LogP contribution is -2.30. The third kappa shape index (κ3) is 4.11. The van der Waals surface area contributed by atoms with Gasteiger partial charge in [-0.05, 0) is 38.0 Å². The second kappa shape index (κ2) is 6.22. The number of hydrogen-bond donors (Lipinski definition) is 1. The van der Waals surface area contributed by atoms with E-state index >= 15 is 0 Å². The Hall–Kier alpha value is -0.590. The van der Waals surface area contributed by atoms with Gasteiger partial charge in [0.2, 0.25) is 0 Å². The summed E-state index contributed by atoms with van der Waals surface area (Å²) in [5.74, 6) is 0.789. The van der Waals surface area contributed by atoms with Gasteiger partial charge in [0.25, 0.3) is 0 Å². The van der Waals surface area contributed by atoms with Gasteiger partial charge in [-0.15, -0.1) is 0 Å². The molecule has 0 spiro atoms. The highest BCUT2D eigenvalue weighted by atomic mass is 16.5. The van der Waals surface area contributed by atoms with E-state index in [9.17, 15) is 0 Å². The van der Waals surface area contributed by atoms with Crippen LogP contribution in [0, 0.1) is 17.2 Å². The van der Waals surface area contributed by atoms with Crippen LogP contribution in [0.3, 0.4) is 0 Å². The topological polar surface area (TPSA) is 45.0 Å². The Morgan fingerprint density at radius 2 is 2.00 bits per heavy atom. The average molecular weight is 222 g/mol. The lowest BCUT2D eigenvalue weighted by Gasteiger charge is -2.13. The van der Waals surface area contributed by atoms with Gasteiger partial charge in [-0.25, -0.2) is 0 Å². The van der Waals surface area contributed by atoms with E-state index in [1.54, 1.807) is 0 Å². The average Bonchev–Trinajstić information content (AvgIpc) is 2.96. The molecule has 0 aromatic rings. The van der Waals surface area contributed by atoms with Crippen LogP contribution in [0.1, 0.15) is 44.9 Å². The molecule has 0 aliphatic heterocycles. The maximum atomic E-state index is 8.95.